The molecule has 0 aliphatic rings. The Kier molecular flexibility index (Phi) is 6.90. The zero-order valence-corrected chi connectivity index (χ0v) is 15.7. The maximum atomic E-state index is 10.7. The van der Waals surface area contributed by atoms with E-state index in [1.165, 1.54) is 0 Å². The van der Waals surface area contributed by atoms with E-state index in [1.54, 1.807) is 6.08 Å². The van der Waals surface area contributed by atoms with Gasteiger partial charge < -0.3 is 14.3 Å². The van der Waals surface area contributed by atoms with Crippen molar-refractivity contribution in [2.75, 3.05) is 13.2 Å². The Balaban J connectivity index is 2.11. The molecule has 142 valence electrons. The Morgan fingerprint density at radius 3 is 1.57 bits per heavy atom. The maximum Gasteiger partial charge on any atom is 0.145 e. The zero-order valence-electron chi connectivity index (χ0n) is 15.7. The molecule has 0 fully saturated rings. The van der Waals surface area contributed by atoms with Crippen molar-refractivity contribution in [2.45, 2.75) is 11.7 Å². The summed E-state index contributed by atoms with van der Waals surface area (Å²) in [5.74, 6) is 0. The summed E-state index contributed by atoms with van der Waals surface area (Å²) in [6.07, 6.45) is 2.01. The number of carbonyl (C=O) groups excluding carboxylic acids is 1. The van der Waals surface area contributed by atoms with E-state index >= 15 is 0 Å². The molecule has 3 rings (SSSR count). The summed E-state index contributed by atoms with van der Waals surface area (Å²) in [7, 11) is 0. The Morgan fingerprint density at radius 2 is 1.21 bits per heavy atom. The SMILES string of the molecule is C=C[C@@H](COC(c1ccccc1)(c1ccccc1)c1ccccc1)OCC=O. The van der Waals surface area contributed by atoms with Crippen LogP contribution in [0, 0.1) is 0 Å². The molecule has 0 saturated heterocycles. The number of ether oxygens (including phenoxy) is 2. The Hall–Kier alpha value is -3.01. The van der Waals surface area contributed by atoms with Gasteiger partial charge in [-0.25, -0.2) is 0 Å². The van der Waals surface area contributed by atoms with Crippen LogP contribution in [-0.4, -0.2) is 25.6 Å². The Morgan fingerprint density at radius 1 is 0.786 bits per heavy atom. The van der Waals surface area contributed by atoms with Crippen LogP contribution < -0.4 is 0 Å². The van der Waals surface area contributed by atoms with Crippen molar-refractivity contribution in [1.29, 1.82) is 0 Å². The van der Waals surface area contributed by atoms with Crippen molar-refractivity contribution in [3.8, 4) is 0 Å². The van der Waals surface area contributed by atoms with Gasteiger partial charge in [-0.05, 0) is 16.7 Å². The predicted octanol–water partition coefficient (Wildman–Crippen LogP) is 4.77. The molecule has 3 nitrogen and oxygen atoms in total. The molecule has 0 amide bonds. The van der Waals surface area contributed by atoms with Gasteiger partial charge in [-0.2, -0.15) is 0 Å². The monoisotopic (exact) mass is 372 g/mol. The minimum atomic E-state index is -0.810. The molecule has 0 N–H and O–H groups in total. The molecular formula is C25H24O3. The van der Waals surface area contributed by atoms with Gasteiger partial charge in [0, 0.05) is 0 Å². The fourth-order valence-corrected chi connectivity index (χ4v) is 3.32. The van der Waals surface area contributed by atoms with Crippen molar-refractivity contribution in [3.05, 3.63) is 120 Å². The molecule has 0 aromatic heterocycles. The third kappa shape index (κ3) is 4.28. The van der Waals surface area contributed by atoms with E-state index in [-0.39, 0.29) is 19.3 Å². The lowest BCUT2D eigenvalue weighted by atomic mass is 9.80. The van der Waals surface area contributed by atoms with Gasteiger partial charge in [0.2, 0.25) is 0 Å². The third-order valence-electron chi connectivity index (χ3n) is 4.65. The second-order valence-corrected chi connectivity index (χ2v) is 6.36. The summed E-state index contributed by atoms with van der Waals surface area (Å²) in [4.78, 5) is 10.7. The molecule has 0 bridgehead atoms. The quantitative estimate of drug-likeness (QED) is 0.292. The number of aldehydes is 1. The first-order chi connectivity index (χ1) is 13.8. The number of benzene rings is 3. The van der Waals surface area contributed by atoms with E-state index < -0.39 is 5.60 Å². The van der Waals surface area contributed by atoms with Gasteiger partial charge in [-0.3, -0.25) is 0 Å². The predicted molar refractivity (Wildman–Crippen MR) is 111 cm³/mol. The van der Waals surface area contributed by atoms with E-state index in [1.807, 2.05) is 54.6 Å². The van der Waals surface area contributed by atoms with Gasteiger partial charge in [0.25, 0.3) is 0 Å². The number of hydrogen-bond acceptors (Lipinski definition) is 3. The van der Waals surface area contributed by atoms with Crippen LogP contribution in [0.5, 0.6) is 0 Å². The highest BCUT2D eigenvalue weighted by Crippen LogP contribution is 2.40. The maximum absolute atomic E-state index is 10.7. The van der Waals surface area contributed by atoms with E-state index in [4.69, 9.17) is 9.47 Å². The molecule has 0 unspecified atom stereocenters. The minimum absolute atomic E-state index is 0.00899. The summed E-state index contributed by atoms with van der Waals surface area (Å²) >= 11 is 0. The van der Waals surface area contributed by atoms with Crippen molar-refractivity contribution in [1.82, 2.24) is 0 Å². The fraction of sp³-hybridized carbons (Fsp3) is 0.160. The van der Waals surface area contributed by atoms with E-state index in [2.05, 4.69) is 43.0 Å². The van der Waals surface area contributed by atoms with Crippen LogP contribution in [0.25, 0.3) is 0 Å². The van der Waals surface area contributed by atoms with Crippen molar-refractivity contribution < 1.29 is 14.3 Å². The highest BCUT2D eigenvalue weighted by atomic mass is 16.5. The fourth-order valence-electron chi connectivity index (χ4n) is 3.32. The summed E-state index contributed by atoms with van der Waals surface area (Å²) in [6, 6.07) is 30.4. The van der Waals surface area contributed by atoms with Crippen LogP contribution in [-0.2, 0) is 19.9 Å². The first-order valence-corrected chi connectivity index (χ1v) is 9.29. The molecule has 0 radical (unpaired) electrons. The van der Waals surface area contributed by atoms with E-state index in [0.29, 0.717) is 0 Å². The van der Waals surface area contributed by atoms with Crippen LogP contribution in [0.15, 0.2) is 104 Å². The van der Waals surface area contributed by atoms with Crippen LogP contribution >= 0.6 is 0 Å². The van der Waals surface area contributed by atoms with Crippen molar-refractivity contribution in [3.63, 3.8) is 0 Å². The van der Waals surface area contributed by atoms with E-state index in [9.17, 15) is 4.79 Å². The number of rotatable bonds is 10. The lowest BCUT2D eigenvalue weighted by Gasteiger charge is -2.36. The smallest absolute Gasteiger partial charge is 0.145 e. The largest absolute Gasteiger partial charge is 0.364 e. The van der Waals surface area contributed by atoms with Crippen LogP contribution in [0.4, 0.5) is 0 Å². The normalized spacial score (nSPS) is 12.3. The molecule has 0 spiro atoms. The first kappa shape index (κ1) is 19.7. The van der Waals surface area contributed by atoms with Gasteiger partial charge >= 0.3 is 0 Å². The molecule has 0 heterocycles. The average Bonchev–Trinajstić information content (AvgIpc) is 2.78. The van der Waals surface area contributed by atoms with Gasteiger partial charge in [-0.1, -0.05) is 97.1 Å². The second-order valence-electron chi connectivity index (χ2n) is 6.36. The molecule has 0 saturated carbocycles. The lowest BCUT2D eigenvalue weighted by Crippen LogP contribution is -2.36. The van der Waals surface area contributed by atoms with Gasteiger partial charge in [0.15, 0.2) is 0 Å². The van der Waals surface area contributed by atoms with Crippen LogP contribution in [0.1, 0.15) is 16.7 Å². The average molecular weight is 372 g/mol. The highest BCUT2D eigenvalue weighted by Gasteiger charge is 2.37. The van der Waals surface area contributed by atoms with Gasteiger partial charge in [-0.15, -0.1) is 6.58 Å². The number of carbonyl (C=O) groups is 1. The molecule has 1 atom stereocenters. The highest BCUT2D eigenvalue weighted by molar-refractivity contribution is 5.50. The summed E-state index contributed by atoms with van der Waals surface area (Å²) in [6.45, 7) is 4.08. The topological polar surface area (TPSA) is 35.5 Å². The standard InChI is InChI=1S/C25H24O3/c1-2-24(27-19-18-26)20-28-25(21-12-6-3-7-13-21,22-14-8-4-9-15-22)23-16-10-5-11-17-23/h2-18,24H,1,19-20H2/t24-/m0/s1. The minimum Gasteiger partial charge on any atom is -0.364 e. The van der Waals surface area contributed by atoms with Gasteiger partial charge in [0.1, 0.15) is 18.5 Å². The van der Waals surface area contributed by atoms with Crippen molar-refractivity contribution in [2.24, 2.45) is 0 Å². The van der Waals surface area contributed by atoms with Crippen LogP contribution in [0.3, 0.4) is 0 Å². The summed E-state index contributed by atoms with van der Waals surface area (Å²) < 4.78 is 12.2. The first-order valence-electron chi connectivity index (χ1n) is 9.29. The van der Waals surface area contributed by atoms with Crippen LogP contribution in [0.2, 0.25) is 0 Å². The molecule has 0 aliphatic carbocycles. The molecular weight excluding hydrogens is 348 g/mol. The van der Waals surface area contributed by atoms with Gasteiger partial charge in [0.05, 0.1) is 12.7 Å². The molecule has 3 aromatic carbocycles. The Labute approximate surface area is 166 Å². The zero-order chi connectivity index (χ0) is 19.7. The van der Waals surface area contributed by atoms with Crippen molar-refractivity contribution >= 4 is 6.29 Å². The molecule has 0 aliphatic heterocycles. The molecule has 3 aromatic rings. The van der Waals surface area contributed by atoms with E-state index in [0.717, 1.165) is 23.0 Å². The summed E-state index contributed by atoms with van der Waals surface area (Å²) in [5, 5.41) is 0. The molecule has 3 heteroatoms. The lowest BCUT2D eigenvalue weighted by molar-refractivity contribution is -0.115. The number of hydrogen-bond donors (Lipinski definition) is 0. The third-order valence-corrected chi connectivity index (χ3v) is 4.65. The summed E-state index contributed by atoms with van der Waals surface area (Å²) in [5.41, 5.74) is 2.25. The Bertz CT molecular complexity index is 763. The second kappa shape index (κ2) is 9.79. The molecule has 28 heavy (non-hydrogen) atoms.